The lowest BCUT2D eigenvalue weighted by Gasteiger charge is -2.13. The van der Waals surface area contributed by atoms with E-state index in [-0.39, 0.29) is 12.0 Å². The van der Waals surface area contributed by atoms with E-state index >= 15 is 0 Å². The van der Waals surface area contributed by atoms with E-state index in [2.05, 4.69) is 5.32 Å². The third-order valence-corrected chi connectivity index (χ3v) is 3.51. The average molecular weight is 311 g/mol. The van der Waals surface area contributed by atoms with Crippen molar-refractivity contribution >= 4 is 29.3 Å². The Labute approximate surface area is 129 Å². The van der Waals surface area contributed by atoms with Crippen LogP contribution in [0, 0.1) is 0 Å². The van der Waals surface area contributed by atoms with E-state index in [4.69, 9.17) is 16.3 Å². The summed E-state index contributed by atoms with van der Waals surface area (Å²) in [5.74, 6) is -0.00546. The molecule has 0 bridgehead atoms. The Kier molecular flexibility index (Phi) is 5.44. The number of hydrogen-bond donors (Lipinski definition) is 1. The molecule has 1 saturated heterocycles. The van der Waals surface area contributed by atoms with Crippen LogP contribution < -0.4 is 10.2 Å². The summed E-state index contributed by atoms with van der Waals surface area (Å²) in [4.78, 5) is 24.9. The van der Waals surface area contributed by atoms with Gasteiger partial charge in [0.05, 0.1) is 13.1 Å². The van der Waals surface area contributed by atoms with Crippen LogP contribution in [0.15, 0.2) is 24.3 Å². The summed E-state index contributed by atoms with van der Waals surface area (Å²) in [5.41, 5.74) is 0.701. The molecule has 1 fully saturated rings. The Morgan fingerprint density at radius 1 is 1.52 bits per heavy atom. The van der Waals surface area contributed by atoms with Crippen LogP contribution in [0.4, 0.5) is 10.5 Å². The molecule has 1 heterocycles. The maximum atomic E-state index is 11.9. The van der Waals surface area contributed by atoms with Gasteiger partial charge in [0.1, 0.15) is 6.10 Å². The summed E-state index contributed by atoms with van der Waals surface area (Å²) in [6.07, 6.45) is 1.61. The predicted molar refractivity (Wildman–Crippen MR) is 81.6 cm³/mol. The number of hydrogen-bond acceptors (Lipinski definition) is 3. The van der Waals surface area contributed by atoms with Gasteiger partial charge in [-0.05, 0) is 24.6 Å². The molecule has 0 radical (unpaired) electrons. The van der Waals surface area contributed by atoms with Gasteiger partial charge in [0.25, 0.3) is 0 Å². The summed E-state index contributed by atoms with van der Waals surface area (Å²) < 4.78 is 5.25. The van der Waals surface area contributed by atoms with Crippen molar-refractivity contribution in [2.75, 3.05) is 18.0 Å². The van der Waals surface area contributed by atoms with Gasteiger partial charge in [0.15, 0.2) is 0 Å². The van der Waals surface area contributed by atoms with Crippen LogP contribution in [0.25, 0.3) is 0 Å². The summed E-state index contributed by atoms with van der Waals surface area (Å²) in [7, 11) is 0. The number of ether oxygens (including phenoxy) is 1. The van der Waals surface area contributed by atoms with Crippen LogP contribution in [0.1, 0.15) is 26.2 Å². The highest BCUT2D eigenvalue weighted by molar-refractivity contribution is 6.30. The van der Waals surface area contributed by atoms with E-state index in [9.17, 15) is 9.59 Å². The highest BCUT2D eigenvalue weighted by Gasteiger charge is 2.32. The van der Waals surface area contributed by atoms with Crippen LogP contribution >= 0.6 is 11.6 Å². The summed E-state index contributed by atoms with van der Waals surface area (Å²) in [6.45, 7) is 2.79. The molecule has 1 unspecified atom stereocenters. The van der Waals surface area contributed by atoms with Gasteiger partial charge >= 0.3 is 6.09 Å². The number of halogens is 1. The summed E-state index contributed by atoms with van der Waals surface area (Å²) in [6, 6.07) is 7.04. The molecule has 1 aliphatic heterocycles. The molecule has 1 aliphatic rings. The Morgan fingerprint density at radius 3 is 3.05 bits per heavy atom. The molecular formula is C15H19ClN2O3. The van der Waals surface area contributed by atoms with E-state index in [0.717, 1.165) is 12.8 Å². The van der Waals surface area contributed by atoms with Crippen LogP contribution in [0.2, 0.25) is 5.02 Å². The van der Waals surface area contributed by atoms with Crippen molar-refractivity contribution in [1.29, 1.82) is 0 Å². The largest absolute Gasteiger partial charge is 0.442 e. The molecule has 0 aromatic heterocycles. The molecular weight excluding hydrogens is 292 g/mol. The molecule has 2 amide bonds. The second kappa shape index (κ2) is 7.31. The highest BCUT2D eigenvalue weighted by atomic mass is 35.5. The Bertz CT molecular complexity index is 521. The zero-order chi connectivity index (χ0) is 15.2. The second-order valence-electron chi connectivity index (χ2n) is 5.00. The highest BCUT2D eigenvalue weighted by Crippen LogP contribution is 2.24. The lowest BCUT2D eigenvalue weighted by Crippen LogP contribution is -2.34. The Morgan fingerprint density at radius 2 is 2.33 bits per heavy atom. The van der Waals surface area contributed by atoms with Gasteiger partial charge in [-0.25, -0.2) is 4.79 Å². The SMILES string of the molecule is CCCCC(=O)NCC1CN(c2cccc(Cl)c2)C(=O)O1. The molecule has 5 nitrogen and oxygen atoms in total. The molecule has 6 heteroatoms. The van der Waals surface area contributed by atoms with Gasteiger partial charge in [-0.3, -0.25) is 9.69 Å². The number of benzene rings is 1. The van der Waals surface area contributed by atoms with E-state index in [1.54, 1.807) is 24.3 Å². The minimum absolute atomic E-state index is 0.00546. The van der Waals surface area contributed by atoms with Crippen molar-refractivity contribution in [3.05, 3.63) is 29.3 Å². The van der Waals surface area contributed by atoms with Crippen molar-refractivity contribution in [1.82, 2.24) is 5.32 Å². The Balaban J connectivity index is 1.86. The minimum Gasteiger partial charge on any atom is -0.442 e. The number of carbonyl (C=O) groups is 2. The fraction of sp³-hybridized carbons (Fsp3) is 0.467. The van der Waals surface area contributed by atoms with E-state index < -0.39 is 6.09 Å². The van der Waals surface area contributed by atoms with Crippen LogP contribution in [0.5, 0.6) is 0 Å². The van der Waals surface area contributed by atoms with Gasteiger partial charge in [-0.2, -0.15) is 0 Å². The lowest BCUT2D eigenvalue weighted by molar-refractivity contribution is -0.121. The first-order chi connectivity index (χ1) is 10.1. The monoisotopic (exact) mass is 310 g/mol. The number of amides is 2. The molecule has 0 aliphatic carbocycles. The fourth-order valence-corrected chi connectivity index (χ4v) is 2.32. The van der Waals surface area contributed by atoms with Gasteiger partial charge in [-0.1, -0.05) is 31.0 Å². The van der Waals surface area contributed by atoms with Crippen LogP contribution in [0.3, 0.4) is 0 Å². The van der Waals surface area contributed by atoms with Crippen molar-refractivity contribution < 1.29 is 14.3 Å². The molecule has 1 atom stereocenters. The van der Waals surface area contributed by atoms with Gasteiger partial charge in [0, 0.05) is 17.1 Å². The minimum atomic E-state index is -0.412. The number of rotatable bonds is 6. The van der Waals surface area contributed by atoms with Crippen LogP contribution in [-0.4, -0.2) is 31.2 Å². The zero-order valence-corrected chi connectivity index (χ0v) is 12.7. The van der Waals surface area contributed by atoms with Crippen molar-refractivity contribution in [3.8, 4) is 0 Å². The fourth-order valence-electron chi connectivity index (χ4n) is 2.14. The molecule has 0 spiro atoms. The molecule has 2 rings (SSSR count). The Hall–Kier alpha value is -1.75. The molecule has 0 saturated carbocycles. The third kappa shape index (κ3) is 4.36. The van der Waals surface area contributed by atoms with E-state index in [1.807, 2.05) is 6.92 Å². The molecule has 1 aromatic rings. The summed E-state index contributed by atoms with van der Waals surface area (Å²) in [5, 5.41) is 3.36. The van der Waals surface area contributed by atoms with E-state index in [0.29, 0.717) is 30.2 Å². The predicted octanol–water partition coefficient (Wildman–Crippen LogP) is 2.97. The average Bonchev–Trinajstić information content (AvgIpc) is 2.84. The standard InChI is InChI=1S/C15H19ClN2O3/c1-2-3-7-14(19)17-9-13-10-18(15(20)21-13)12-6-4-5-11(16)8-12/h4-6,8,13H,2-3,7,9-10H2,1H3,(H,17,19). The van der Waals surface area contributed by atoms with Gasteiger partial charge < -0.3 is 10.1 Å². The van der Waals surface area contributed by atoms with Crippen LogP contribution in [-0.2, 0) is 9.53 Å². The number of cyclic esters (lactones) is 1. The number of nitrogens with one attached hydrogen (secondary N) is 1. The van der Waals surface area contributed by atoms with E-state index in [1.165, 1.54) is 4.90 Å². The molecule has 1 aromatic carbocycles. The zero-order valence-electron chi connectivity index (χ0n) is 12.0. The first kappa shape index (κ1) is 15.6. The molecule has 21 heavy (non-hydrogen) atoms. The smallest absolute Gasteiger partial charge is 0.414 e. The topological polar surface area (TPSA) is 58.6 Å². The van der Waals surface area contributed by atoms with Crippen molar-refractivity contribution in [2.45, 2.75) is 32.3 Å². The third-order valence-electron chi connectivity index (χ3n) is 3.28. The van der Waals surface area contributed by atoms with Gasteiger partial charge in [0.2, 0.25) is 5.91 Å². The number of unbranched alkanes of at least 4 members (excludes halogenated alkanes) is 1. The molecule has 114 valence electrons. The first-order valence-corrected chi connectivity index (χ1v) is 7.48. The lowest BCUT2D eigenvalue weighted by atomic mass is 10.2. The quantitative estimate of drug-likeness (QED) is 0.878. The summed E-state index contributed by atoms with van der Waals surface area (Å²) >= 11 is 5.92. The first-order valence-electron chi connectivity index (χ1n) is 7.10. The number of anilines is 1. The maximum absolute atomic E-state index is 11.9. The maximum Gasteiger partial charge on any atom is 0.414 e. The molecule has 1 N–H and O–H groups in total. The normalized spacial score (nSPS) is 17.7. The number of nitrogens with zero attached hydrogens (tertiary/aromatic N) is 1. The second-order valence-corrected chi connectivity index (χ2v) is 5.44. The van der Waals surface area contributed by atoms with Crippen molar-refractivity contribution in [2.24, 2.45) is 0 Å². The van der Waals surface area contributed by atoms with Gasteiger partial charge in [-0.15, -0.1) is 0 Å². The van der Waals surface area contributed by atoms with Crippen molar-refractivity contribution in [3.63, 3.8) is 0 Å². The number of carbonyl (C=O) groups excluding carboxylic acids is 2.